The average Bonchev–Trinajstić information content (AvgIpc) is 2.75. The fourth-order valence-electron chi connectivity index (χ4n) is 3.19. The van der Waals surface area contributed by atoms with Crippen LogP contribution in [0.2, 0.25) is 0 Å². The number of hydrogen-bond acceptors (Lipinski definition) is 5. The molecule has 0 spiro atoms. The fraction of sp³-hybridized carbons (Fsp3) is 0.0455. The van der Waals surface area contributed by atoms with E-state index < -0.39 is 28.7 Å². The lowest BCUT2D eigenvalue weighted by Gasteiger charge is -2.13. The predicted octanol–water partition coefficient (Wildman–Crippen LogP) is 2.72. The third-order valence-electron chi connectivity index (χ3n) is 4.69. The molecule has 0 unspecified atom stereocenters. The maximum Gasteiger partial charge on any atom is 0.360 e. The number of amides is 2. The van der Waals surface area contributed by atoms with Crippen molar-refractivity contribution in [2.75, 3.05) is 10.6 Å². The van der Waals surface area contributed by atoms with Crippen molar-refractivity contribution in [2.45, 2.75) is 6.92 Å². The van der Waals surface area contributed by atoms with Gasteiger partial charge < -0.3 is 25.3 Å². The molecule has 0 bridgehead atoms. The highest BCUT2D eigenvalue weighted by atomic mass is 16.4. The van der Waals surface area contributed by atoms with Gasteiger partial charge in [-0.15, -0.1) is 0 Å². The summed E-state index contributed by atoms with van der Waals surface area (Å²) in [6.45, 7) is 1.78. The van der Waals surface area contributed by atoms with Gasteiger partial charge in [0.25, 0.3) is 5.56 Å². The number of H-pyrrole nitrogens is 1. The summed E-state index contributed by atoms with van der Waals surface area (Å²) >= 11 is 0. The van der Waals surface area contributed by atoms with E-state index in [1.54, 1.807) is 47.9 Å². The van der Waals surface area contributed by atoms with Gasteiger partial charge in [0.05, 0.1) is 16.7 Å². The van der Waals surface area contributed by atoms with Crippen molar-refractivity contribution in [3.63, 3.8) is 0 Å². The number of pyridine rings is 1. The molecule has 2 amide bonds. The predicted molar refractivity (Wildman–Crippen MR) is 119 cm³/mol. The van der Waals surface area contributed by atoms with Gasteiger partial charge in [0, 0.05) is 24.1 Å². The number of nitrogens with zero attached hydrogens (tertiary/aromatic N) is 2. The maximum atomic E-state index is 12.3. The third kappa shape index (κ3) is 4.10. The Hall–Kier alpha value is -4.73. The Morgan fingerprint density at radius 1 is 1.06 bits per heavy atom. The molecular weight excluding hydrogens is 414 g/mol. The van der Waals surface area contributed by atoms with Gasteiger partial charge in [0.2, 0.25) is 11.1 Å². The molecule has 0 saturated heterocycles. The molecule has 0 radical (unpaired) electrons. The van der Waals surface area contributed by atoms with E-state index in [1.807, 2.05) is 6.07 Å². The third-order valence-corrected chi connectivity index (χ3v) is 4.69. The Labute approximate surface area is 180 Å². The van der Waals surface area contributed by atoms with Gasteiger partial charge in [-0.2, -0.15) is 0 Å². The first-order chi connectivity index (χ1) is 15.3. The van der Waals surface area contributed by atoms with Crippen molar-refractivity contribution >= 4 is 34.4 Å². The normalized spacial score (nSPS) is 10.7. The molecule has 0 aliphatic heterocycles. The fourth-order valence-corrected chi connectivity index (χ4v) is 3.19. The second kappa shape index (κ2) is 8.19. The lowest BCUT2D eigenvalue weighted by molar-refractivity contribution is 0.0689. The van der Waals surface area contributed by atoms with E-state index in [9.17, 15) is 19.2 Å². The van der Waals surface area contributed by atoms with Crippen LogP contribution in [0.5, 0.6) is 0 Å². The van der Waals surface area contributed by atoms with Crippen LogP contribution in [0.15, 0.2) is 70.5 Å². The number of carboxylic acids is 1. The van der Waals surface area contributed by atoms with Crippen LogP contribution in [0.3, 0.4) is 0 Å². The van der Waals surface area contributed by atoms with Crippen molar-refractivity contribution in [1.82, 2.24) is 14.5 Å². The van der Waals surface area contributed by atoms with Gasteiger partial charge in [-0.05, 0) is 36.8 Å². The largest absolute Gasteiger partial charge is 0.476 e. The van der Waals surface area contributed by atoms with Crippen LogP contribution in [0.25, 0.3) is 16.7 Å². The monoisotopic (exact) mass is 431 g/mol. The van der Waals surface area contributed by atoms with Gasteiger partial charge in [-0.3, -0.25) is 9.59 Å². The summed E-state index contributed by atoms with van der Waals surface area (Å²) in [6, 6.07) is 12.7. The van der Waals surface area contributed by atoms with E-state index in [0.29, 0.717) is 16.9 Å². The lowest BCUT2D eigenvalue weighted by atomic mass is 10.1. The summed E-state index contributed by atoms with van der Waals surface area (Å²) in [5.74, 6) is -1.44. The first-order valence-electron chi connectivity index (χ1n) is 9.45. The molecule has 4 rings (SSSR count). The second-order valence-electron chi connectivity index (χ2n) is 6.95. The van der Waals surface area contributed by atoms with Gasteiger partial charge in [-0.25, -0.2) is 14.6 Å². The number of anilines is 2. The molecule has 2 aromatic heterocycles. The highest BCUT2D eigenvalue weighted by Crippen LogP contribution is 2.20. The standard InChI is InChI=1S/C22H17N5O5/c1-12-9-14-15(24-19(21(30)31)20(29)25-14)10-17(12)27-8-7-18(28)16(11-27)26-22(32)23-13-5-3-2-4-6-13/h2-11H,1H3,(H,25,29)(H,30,31)(H2,23,26,32). The number of carbonyl (C=O) groups is 2. The minimum Gasteiger partial charge on any atom is -0.476 e. The van der Waals surface area contributed by atoms with E-state index in [-0.39, 0.29) is 11.2 Å². The van der Waals surface area contributed by atoms with Crippen molar-refractivity contribution in [2.24, 2.45) is 0 Å². The summed E-state index contributed by atoms with van der Waals surface area (Å²) in [4.78, 5) is 54.1. The summed E-state index contributed by atoms with van der Waals surface area (Å²) in [5, 5.41) is 14.3. The summed E-state index contributed by atoms with van der Waals surface area (Å²) in [7, 11) is 0. The number of para-hydroxylation sites is 1. The van der Waals surface area contributed by atoms with Gasteiger partial charge in [0.1, 0.15) is 5.69 Å². The zero-order chi connectivity index (χ0) is 22.8. The number of urea groups is 1. The van der Waals surface area contributed by atoms with Crippen molar-refractivity contribution in [3.05, 3.63) is 92.8 Å². The Balaban J connectivity index is 1.70. The number of hydrogen-bond donors (Lipinski definition) is 4. The van der Waals surface area contributed by atoms with E-state index in [4.69, 9.17) is 5.11 Å². The van der Waals surface area contributed by atoms with Gasteiger partial charge >= 0.3 is 12.0 Å². The number of carboxylic acid groups (broad SMARTS) is 1. The molecule has 10 heteroatoms. The molecule has 2 heterocycles. The van der Waals surface area contributed by atoms with Crippen molar-refractivity contribution in [1.29, 1.82) is 0 Å². The first kappa shape index (κ1) is 20.5. The van der Waals surface area contributed by atoms with Gasteiger partial charge in [0.15, 0.2) is 0 Å². The highest BCUT2D eigenvalue weighted by molar-refractivity contribution is 5.99. The number of aromatic nitrogens is 3. The first-order valence-corrected chi connectivity index (χ1v) is 9.45. The molecule has 4 N–H and O–H groups in total. The smallest absolute Gasteiger partial charge is 0.360 e. The zero-order valence-corrected chi connectivity index (χ0v) is 16.7. The number of aryl methyl sites for hydroxylation is 1. The molecule has 0 atom stereocenters. The minimum atomic E-state index is -1.44. The van der Waals surface area contributed by atoms with E-state index in [2.05, 4.69) is 20.6 Å². The summed E-state index contributed by atoms with van der Waals surface area (Å²) in [6.07, 6.45) is 2.96. The molecule has 2 aromatic carbocycles. The number of aromatic amines is 1. The zero-order valence-electron chi connectivity index (χ0n) is 16.7. The van der Waals surface area contributed by atoms with Crippen LogP contribution in [0.4, 0.5) is 16.2 Å². The summed E-state index contributed by atoms with van der Waals surface area (Å²) < 4.78 is 1.60. The van der Waals surface area contributed by atoms with Crippen molar-refractivity contribution < 1.29 is 14.7 Å². The van der Waals surface area contributed by atoms with Crippen LogP contribution >= 0.6 is 0 Å². The molecule has 0 aliphatic rings. The molecule has 32 heavy (non-hydrogen) atoms. The molecular formula is C22H17N5O5. The number of aromatic carboxylic acids is 1. The minimum absolute atomic E-state index is 0.0427. The molecule has 160 valence electrons. The van der Waals surface area contributed by atoms with Crippen LogP contribution in [-0.2, 0) is 0 Å². The lowest BCUT2D eigenvalue weighted by Crippen LogP contribution is -2.24. The highest BCUT2D eigenvalue weighted by Gasteiger charge is 2.14. The van der Waals surface area contributed by atoms with Gasteiger partial charge in [-0.1, -0.05) is 18.2 Å². The molecule has 0 aliphatic carbocycles. The SMILES string of the molecule is Cc1cc2[nH]c(=O)c(C(=O)O)nc2cc1-n1ccc(=O)c(NC(=O)Nc2ccccc2)c1. The van der Waals surface area contributed by atoms with E-state index in [0.717, 1.165) is 5.56 Å². The Kier molecular flexibility index (Phi) is 5.25. The van der Waals surface area contributed by atoms with E-state index in [1.165, 1.54) is 18.5 Å². The molecule has 10 nitrogen and oxygen atoms in total. The Bertz CT molecular complexity index is 1470. The summed E-state index contributed by atoms with van der Waals surface area (Å²) in [5.41, 5.74) is 0.755. The quantitative estimate of drug-likeness (QED) is 0.391. The molecule has 0 fully saturated rings. The second-order valence-corrected chi connectivity index (χ2v) is 6.95. The number of rotatable bonds is 4. The van der Waals surface area contributed by atoms with Crippen LogP contribution in [0, 0.1) is 6.92 Å². The average molecular weight is 431 g/mol. The number of benzene rings is 2. The number of nitrogens with one attached hydrogen (secondary N) is 3. The molecule has 4 aromatic rings. The van der Waals surface area contributed by atoms with Crippen molar-refractivity contribution in [3.8, 4) is 5.69 Å². The Morgan fingerprint density at radius 3 is 2.53 bits per heavy atom. The van der Waals surface area contributed by atoms with Crippen LogP contribution < -0.4 is 21.6 Å². The van der Waals surface area contributed by atoms with Crippen LogP contribution in [0.1, 0.15) is 16.1 Å². The topological polar surface area (TPSA) is 146 Å². The number of fused-ring (bicyclic) bond motifs is 1. The number of carbonyl (C=O) groups excluding carboxylic acids is 1. The maximum absolute atomic E-state index is 12.3. The Morgan fingerprint density at radius 2 is 1.81 bits per heavy atom. The van der Waals surface area contributed by atoms with E-state index >= 15 is 0 Å². The van der Waals surface area contributed by atoms with Crippen LogP contribution in [-0.4, -0.2) is 31.6 Å². The molecule has 0 saturated carbocycles.